The molecule has 0 spiro atoms. The number of fused-ring (bicyclic) bond motifs is 1. The van der Waals surface area contributed by atoms with Crippen molar-refractivity contribution in [2.24, 2.45) is 23.2 Å². The highest BCUT2D eigenvalue weighted by atomic mass is 16.6. The lowest BCUT2D eigenvalue weighted by molar-refractivity contribution is -0.169. The first kappa shape index (κ1) is 21.5. The maximum Gasteiger partial charge on any atom is 0.311 e. The summed E-state index contributed by atoms with van der Waals surface area (Å²) in [6.07, 6.45) is 0.197. The number of ether oxygens (including phenoxy) is 4. The SMILES string of the molecule is CCC(C)(C)C(=O)OCCOC(O)CCC(=O)OC1C2CC3C(O)OC1C3C2. The van der Waals surface area contributed by atoms with Gasteiger partial charge in [-0.05, 0) is 44.9 Å². The van der Waals surface area contributed by atoms with E-state index in [9.17, 15) is 19.8 Å². The molecular formula is C20H32O8. The minimum atomic E-state index is -1.13. The number of rotatable bonds is 10. The quantitative estimate of drug-likeness (QED) is 0.321. The van der Waals surface area contributed by atoms with Crippen LogP contribution in [-0.4, -0.2) is 60.2 Å². The molecule has 0 amide bonds. The van der Waals surface area contributed by atoms with Crippen LogP contribution in [0, 0.1) is 23.2 Å². The van der Waals surface area contributed by atoms with E-state index in [2.05, 4.69) is 0 Å². The zero-order valence-corrected chi connectivity index (χ0v) is 16.8. The molecule has 8 heteroatoms. The molecule has 3 aliphatic rings. The van der Waals surface area contributed by atoms with Gasteiger partial charge in [0.1, 0.15) is 18.8 Å². The Morgan fingerprint density at radius 1 is 1.21 bits per heavy atom. The maximum absolute atomic E-state index is 12.1. The third-order valence-electron chi connectivity index (χ3n) is 6.50. The Morgan fingerprint density at radius 3 is 2.64 bits per heavy atom. The molecule has 160 valence electrons. The van der Waals surface area contributed by atoms with Crippen LogP contribution < -0.4 is 0 Å². The lowest BCUT2D eigenvalue weighted by Crippen LogP contribution is -2.36. The van der Waals surface area contributed by atoms with Crippen molar-refractivity contribution in [3.8, 4) is 0 Å². The van der Waals surface area contributed by atoms with E-state index in [1.807, 2.05) is 20.8 Å². The summed E-state index contributed by atoms with van der Waals surface area (Å²) in [6, 6.07) is 0. The Labute approximate surface area is 165 Å². The Bertz CT molecular complexity index is 577. The average Bonchev–Trinajstić information content (AvgIpc) is 3.28. The standard InChI is InChI=1S/C20H32O8/c1-4-20(2,3)19(24)26-8-7-25-14(21)5-6-15(22)27-16-11-9-12-13(10-11)18(23)28-17(12)16/h11-14,16-18,21,23H,4-10H2,1-3H3. The van der Waals surface area contributed by atoms with Crippen LogP contribution in [0.4, 0.5) is 0 Å². The fourth-order valence-corrected chi connectivity index (χ4v) is 4.43. The van der Waals surface area contributed by atoms with E-state index >= 15 is 0 Å². The molecule has 2 aliphatic carbocycles. The molecule has 0 aromatic carbocycles. The van der Waals surface area contributed by atoms with E-state index in [1.165, 1.54) is 0 Å². The highest BCUT2D eigenvalue weighted by Gasteiger charge is 2.62. The van der Waals surface area contributed by atoms with Crippen molar-refractivity contribution in [3.63, 3.8) is 0 Å². The van der Waals surface area contributed by atoms with Gasteiger partial charge in [0.25, 0.3) is 0 Å². The number of hydrogen-bond donors (Lipinski definition) is 2. The number of hydrogen-bond acceptors (Lipinski definition) is 8. The number of aliphatic hydroxyl groups excluding tert-OH is 2. The monoisotopic (exact) mass is 400 g/mol. The molecule has 3 rings (SSSR count). The second-order valence-electron chi connectivity index (χ2n) is 8.74. The molecule has 0 aromatic rings. The summed E-state index contributed by atoms with van der Waals surface area (Å²) >= 11 is 0. The first-order chi connectivity index (χ1) is 13.2. The summed E-state index contributed by atoms with van der Waals surface area (Å²) in [5, 5.41) is 19.7. The van der Waals surface area contributed by atoms with E-state index in [0.29, 0.717) is 6.42 Å². The van der Waals surface area contributed by atoms with Gasteiger partial charge in [-0.25, -0.2) is 0 Å². The predicted octanol–water partition coefficient (Wildman–Crippen LogP) is 1.37. The van der Waals surface area contributed by atoms with Crippen LogP contribution in [0.2, 0.25) is 0 Å². The molecule has 28 heavy (non-hydrogen) atoms. The van der Waals surface area contributed by atoms with Gasteiger partial charge in [-0.3, -0.25) is 9.59 Å². The fourth-order valence-electron chi connectivity index (χ4n) is 4.43. The van der Waals surface area contributed by atoms with Crippen molar-refractivity contribution in [2.75, 3.05) is 13.2 Å². The van der Waals surface area contributed by atoms with Gasteiger partial charge in [-0.1, -0.05) is 6.92 Å². The van der Waals surface area contributed by atoms with Gasteiger partial charge in [-0.2, -0.15) is 0 Å². The molecule has 2 N–H and O–H groups in total. The van der Waals surface area contributed by atoms with Crippen LogP contribution in [-0.2, 0) is 28.5 Å². The fraction of sp³-hybridized carbons (Fsp3) is 0.900. The molecule has 1 saturated heterocycles. The van der Waals surface area contributed by atoms with Crippen molar-refractivity contribution in [1.29, 1.82) is 0 Å². The molecule has 2 bridgehead atoms. The zero-order valence-electron chi connectivity index (χ0n) is 16.8. The second kappa shape index (κ2) is 8.65. The summed E-state index contributed by atoms with van der Waals surface area (Å²) in [6.45, 7) is 5.64. The van der Waals surface area contributed by atoms with E-state index in [-0.39, 0.29) is 62.0 Å². The molecule has 0 radical (unpaired) electrons. The largest absolute Gasteiger partial charge is 0.463 e. The van der Waals surface area contributed by atoms with E-state index in [0.717, 1.165) is 12.8 Å². The minimum absolute atomic E-state index is 0.0242. The lowest BCUT2D eigenvalue weighted by Gasteiger charge is -2.26. The highest BCUT2D eigenvalue weighted by Crippen LogP contribution is 2.56. The second-order valence-corrected chi connectivity index (χ2v) is 8.74. The summed E-state index contributed by atoms with van der Waals surface area (Å²) in [4.78, 5) is 23.9. The van der Waals surface area contributed by atoms with Crippen LogP contribution in [0.3, 0.4) is 0 Å². The Kier molecular flexibility index (Phi) is 6.64. The van der Waals surface area contributed by atoms with Crippen molar-refractivity contribution in [1.82, 2.24) is 0 Å². The molecule has 2 saturated carbocycles. The third-order valence-corrected chi connectivity index (χ3v) is 6.50. The van der Waals surface area contributed by atoms with Crippen LogP contribution in [0.25, 0.3) is 0 Å². The van der Waals surface area contributed by atoms with Crippen LogP contribution in [0.15, 0.2) is 0 Å². The van der Waals surface area contributed by atoms with Crippen molar-refractivity contribution in [2.45, 2.75) is 77.7 Å². The van der Waals surface area contributed by atoms with E-state index in [4.69, 9.17) is 18.9 Å². The van der Waals surface area contributed by atoms with Crippen LogP contribution in [0.5, 0.6) is 0 Å². The summed E-state index contributed by atoms with van der Waals surface area (Å²) < 4.78 is 21.4. The first-order valence-electron chi connectivity index (χ1n) is 10.2. The molecule has 8 nitrogen and oxygen atoms in total. The molecule has 3 fully saturated rings. The van der Waals surface area contributed by atoms with Gasteiger partial charge < -0.3 is 29.2 Å². The van der Waals surface area contributed by atoms with Crippen molar-refractivity contribution in [3.05, 3.63) is 0 Å². The zero-order chi connectivity index (χ0) is 20.5. The average molecular weight is 400 g/mol. The number of esters is 2. The first-order valence-corrected chi connectivity index (χ1v) is 10.2. The molecule has 7 atom stereocenters. The predicted molar refractivity (Wildman–Crippen MR) is 96.7 cm³/mol. The number of carbonyl (C=O) groups excluding carboxylic acids is 2. The van der Waals surface area contributed by atoms with Gasteiger partial charge in [0.15, 0.2) is 12.6 Å². The summed E-state index contributed by atoms with van der Waals surface area (Å²) in [5.41, 5.74) is -0.541. The number of carbonyl (C=O) groups is 2. The van der Waals surface area contributed by atoms with Gasteiger partial charge in [-0.15, -0.1) is 0 Å². The molecule has 1 aliphatic heterocycles. The Balaban J connectivity index is 1.29. The minimum Gasteiger partial charge on any atom is -0.463 e. The lowest BCUT2D eigenvalue weighted by atomic mass is 9.87. The normalized spacial score (nSPS) is 34.5. The highest BCUT2D eigenvalue weighted by molar-refractivity contribution is 5.75. The molecule has 0 aromatic heterocycles. The number of aliphatic hydroxyl groups is 2. The van der Waals surface area contributed by atoms with E-state index < -0.39 is 24.0 Å². The molecular weight excluding hydrogens is 368 g/mol. The van der Waals surface area contributed by atoms with Crippen LogP contribution in [0.1, 0.15) is 52.9 Å². The Hall–Kier alpha value is -1.22. The van der Waals surface area contributed by atoms with Crippen molar-refractivity contribution >= 4 is 11.9 Å². The van der Waals surface area contributed by atoms with Gasteiger partial charge >= 0.3 is 11.9 Å². The van der Waals surface area contributed by atoms with Gasteiger partial charge in [0.2, 0.25) is 0 Å². The smallest absolute Gasteiger partial charge is 0.311 e. The third kappa shape index (κ3) is 4.50. The maximum atomic E-state index is 12.1. The van der Waals surface area contributed by atoms with E-state index in [1.54, 1.807) is 0 Å². The molecule has 7 unspecified atom stereocenters. The van der Waals surface area contributed by atoms with Crippen molar-refractivity contribution < 1.29 is 38.7 Å². The Morgan fingerprint density at radius 2 is 1.93 bits per heavy atom. The summed E-state index contributed by atoms with van der Waals surface area (Å²) in [7, 11) is 0. The summed E-state index contributed by atoms with van der Waals surface area (Å²) in [5.74, 6) is 0.00973. The van der Waals surface area contributed by atoms with Crippen LogP contribution >= 0.6 is 0 Å². The van der Waals surface area contributed by atoms with Gasteiger partial charge in [0, 0.05) is 12.3 Å². The topological polar surface area (TPSA) is 112 Å². The van der Waals surface area contributed by atoms with Gasteiger partial charge in [0.05, 0.1) is 18.4 Å². The molecule has 1 heterocycles.